The lowest BCUT2D eigenvalue weighted by molar-refractivity contribution is -0.120. The molecule has 0 aliphatic rings. The monoisotopic (exact) mass is 259 g/mol. The Labute approximate surface area is 111 Å². The van der Waals surface area contributed by atoms with Crippen molar-refractivity contribution in [2.45, 2.75) is 19.4 Å². The molecule has 0 aliphatic carbocycles. The van der Waals surface area contributed by atoms with Gasteiger partial charge in [0.2, 0.25) is 5.91 Å². The molecule has 0 aliphatic heterocycles. The van der Waals surface area contributed by atoms with Crippen molar-refractivity contribution in [3.8, 4) is 0 Å². The standard InChI is InChI=1S/C13H17N5O/c14-12-4-2-11(3-5-12)10-13(19)15-6-1-8-18-9-7-16-17-18/h2-5,7,9H,1,6,8,10,14H2,(H,15,19). The number of hydrogen-bond donors (Lipinski definition) is 2. The normalized spacial score (nSPS) is 10.3. The van der Waals surface area contributed by atoms with E-state index in [0.29, 0.717) is 18.7 Å². The Hall–Kier alpha value is -2.37. The van der Waals surface area contributed by atoms with Gasteiger partial charge in [0.05, 0.1) is 12.6 Å². The van der Waals surface area contributed by atoms with Crippen LogP contribution in [-0.4, -0.2) is 27.4 Å². The predicted molar refractivity (Wildman–Crippen MR) is 72.2 cm³/mol. The summed E-state index contributed by atoms with van der Waals surface area (Å²) in [5.74, 6) is 0.0170. The van der Waals surface area contributed by atoms with E-state index >= 15 is 0 Å². The zero-order chi connectivity index (χ0) is 13.5. The van der Waals surface area contributed by atoms with Crippen LogP contribution in [0.5, 0.6) is 0 Å². The second kappa shape index (κ2) is 6.53. The van der Waals surface area contributed by atoms with Gasteiger partial charge in [0, 0.05) is 25.0 Å². The molecule has 0 spiro atoms. The molecule has 0 radical (unpaired) electrons. The average molecular weight is 259 g/mol. The van der Waals surface area contributed by atoms with Crippen LogP contribution in [0.3, 0.4) is 0 Å². The summed E-state index contributed by atoms with van der Waals surface area (Å²) in [7, 11) is 0. The molecule has 2 rings (SSSR count). The molecule has 0 saturated heterocycles. The Morgan fingerprint density at radius 1 is 1.32 bits per heavy atom. The molecule has 2 aromatic rings. The summed E-state index contributed by atoms with van der Waals surface area (Å²) in [5.41, 5.74) is 7.25. The molecule has 0 unspecified atom stereocenters. The fraction of sp³-hybridized carbons (Fsp3) is 0.308. The largest absolute Gasteiger partial charge is 0.399 e. The van der Waals surface area contributed by atoms with Crippen LogP contribution >= 0.6 is 0 Å². The molecule has 19 heavy (non-hydrogen) atoms. The number of rotatable bonds is 6. The van der Waals surface area contributed by atoms with E-state index in [1.807, 2.05) is 12.1 Å². The summed E-state index contributed by atoms with van der Waals surface area (Å²) in [6.45, 7) is 1.38. The number of aromatic nitrogens is 3. The van der Waals surface area contributed by atoms with E-state index in [1.165, 1.54) is 0 Å². The number of carbonyl (C=O) groups is 1. The number of nitrogens with two attached hydrogens (primary N) is 1. The van der Waals surface area contributed by atoms with Crippen LogP contribution in [0.2, 0.25) is 0 Å². The van der Waals surface area contributed by atoms with Crippen LogP contribution in [0.25, 0.3) is 0 Å². The highest BCUT2D eigenvalue weighted by Crippen LogP contribution is 2.05. The molecule has 100 valence electrons. The van der Waals surface area contributed by atoms with Gasteiger partial charge in [-0.15, -0.1) is 5.10 Å². The summed E-state index contributed by atoms with van der Waals surface area (Å²) in [5, 5.41) is 10.4. The predicted octanol–water partition coefficient (Wildman–Crippen LogP) is 0.609. The van der Waals surface area contributed by atoms with Gasteiger partial charge >= 0.3 is 0 Å². The van der Waals surface area contributed by atoms with Gasteiger partial charge in [-0.05, 0) is 24.1 Å². The first kappa shape index (κ1) is 13.1. The fourth-order valence-corrected chi connectivity index (χ4v) is 1.70. The van der Waals surface area contributed by atoms with E-state index in [0.717, 1.165) is 18.5 Å². The molecule has 0 bridgehead atoms. The molecule has 0 saturated carbocycles. The third-order valence-corrected chi connectivity index (χ3v) is 2.70. The molecule has 0 atom stereocenters. The van der Waals surface area contributed by atoms with E-state index in [-0.39, 0.29) is 5.91 Å². The smallest absolute Gasteiger partial charge is 0.224 e. The minimum absolute atomic E-state index is 0.0170. The Morgan fingerprint density at radius 2 is 2.11 bits per heavy atom. The van der Waals surface area contributed by atoms with E-state index in [1.54, 1.807) is 29.2 Å². The fourth-order valence-electron chi connectivity index (χ4n) is 1.70. The van der Waals surface area contributed by atoms with Gasteiger partial charge in [-0.3, -0.25) is 9.48 Å². The minimum atomic E-state index is 0.0170. The summed E-state index contributed by atoms with van der Waals surface area (Å²) >= 11 is 0. The van der Waals surface area contributed by atoms with Crippen molar-refractivity contribution in [3.63, 3.8) is 0 Å². The van der Waals surface area contributed by atoms with Gasteiger partial charge < -0.3 is 11.1 Å². The number of nitrogens with one attached hydrogen (secondary N) is 1. The van der Waals surface area contributed by atoms with Gasteiger partial charge in [-0.1, -0.05) is 17.3 Å². The topological polar surface area (TPSA) is 85.8 Å². The Bertz CT molecular complexity index is 506. The number of nitrogen functional groups attached to an aromatic ring is 1. The van der Waals surface area contributed by atoms with Crippen LogP contribution in [0.15, 0.2) is 36.7 Å². The molecule has 1 heterocycles. The van der Waals surface area contributed by atoms with E-state index in [9.17, 15) is 4.79 Å². The maximum absolute atomic E-state index is 11.7. The SMILES string of the molecule is Nc1ccc(CC(=O)NCCCn2ccnn2)cc1. The summed E-state index contributed by atoms with van der Waals surface area (Å²) < 4.78 is 1.74. The zero-order valence-corrected chi connectivity index (χ0v) is 10.6. The van der Waals surface area contributed by atoms with Crippen molar-refractivity contribution < 1.29 is 4.79 Å². The van der Waals surface area contributed by atoms with E-state index in [4.69, 9.17) is 5.73 Å². The summed E-state index contributed by atoms with van der Waals surface area (Å²) in [6.07, 6.45) is 4.65. The lowest BCUT2D eigenvalue weighted by Gasteiger charge is -2.05. The highest BCUT2D eigenvalue weighted by Gasteiger charge is 2.02. The van der Waals surface area contributed by atoms with Crippen LogP contribution in [0, 0.1) is 0 Å². The van der Waals surface area contributed by atoms with Crippen molar-refractivity contribution in [1.82, 2.24) is 20.3 Å². The van der Waals surface area contributed by atoms with Crippen molar-refractivity contribution in [3.05, 3.63) is 42.2 Å². The number of amides is 1. The summed E-state index contributed by atoms with van der Waals surface area (Å²) in [6, 6.07) is 7.33. The van der Waals surface area contributed by atoms with Crippen LogP contribution in [0.1, 0.15) is 12.0 Å². The van der Waals surface area contributed by atoms with Gasteiger partial charge in [-0.25, -0.2) is 0 Å². The first-order valence-electron chi connectivity index (χ1n) is 6.19. The molecule has 3 N–H and O–H groups in total. The highest BCUT2D eigenvalue weighted by molar-refractivity contribution is 5.78. The third-order valence-electron chi connectivity index (χ3n) is 2.70. The van der Waals surface area contributed by atoms with Gasteiger partial charge in [-0.2, -0.15) is 0 Å². The molecular weight excluding hydrogens is 242 g/mol. The van der Waals surface area contributed by atoms with E-state index in [2.05, 4.69) is 15.6 Å². The van der Waals surface area contributed by atoms with Crippen molar-refractivity contribution in [2.75, 3.05) is 12.3 Å². The molecule has 0 fully saturated rings. The second-order valence-electron chi connectivity index (χ2n) is 4.29. The lowest BCUT2D eigenvalue weighted by atomic mass is 10.1. The van der Waals surface area contributed by atoms with Gasteiger partial charge in [0.15, 0.2) is 0 Å². The first-order chi connectivity index (χ1) is 9.24. The Morgan fingerprint density at radius 3 is 2.79 bits per heavy atom. The number of anilines is 1. The number of carbonyl (C=O) groups excluding carboxylic acids is 1. The molecule has 6 nitrogen and oxygen atoms in total. The maximum Gasteiger partial charge on any atom is 0.224 e. The number of nitrogens with zero attached hydrogens (tertiary/aromatic N) is 3. The van der Waals surface area contributed by atoms with Crippen LogP contribution in [0.4, 0.5) is 5.69 Å². The van der Waals surface area contributed by atoms with Crippen molar-refractivity contribution in [2.24, 2.45) is 0 Å². The minimum Gasteiger partial charge on any atom is -0.399 e. The third kappa shape index (κ3) is 4.42. The van der Waals surface area contributed by atoms with E-state index < -0.39 is 0 Å². The Balaban J connectivity index is 1.65. The van der Waals surface area contributed by atoms with Crippen LogP contribution < -0.4 is 11.1 Å². The average Bonchev–Trinajstić information content (AvgIpc) is 2.91. The van der Waals surface area contributed by atoms with Crippen LogP contribution in [-0.2, 0) is 17.8 Å². The number of benzene rings is 1. The zero-order valence-electron chi connectivity index (χ0n) is 10.6. The molecule has 1 aromatic heterocycles. The Kier molecular flexibility index (Phi) is 4.49. The molecule has 6 heteroatoms. The van der Waals surface area contributed by atoms with Crippen molar-refractivity contribution in [1.29, 1.82) is 0 Å². The summed E-state index contributed by atoms with van der Waals surface area (Å²) in [4.78, 5) is 11.7. The molecule has 1 aromatic carbocycles. The maximum atomic E-state index is 11.7. The second-order valence-corrected chi connectivity index (χ2v) is 4.29. The molecular formula is C13H17N5O. The van der Waals surface area contributed by atoms with Gasteiger partial charge in [0.1, 0.15) is 0 Å². The number of hydrogen-bond acceptors (Lipinski definition) is 4. The lowest BCUT2D eigenvalue weighted by Crippen LogP contribution is -2.26. The van der Waals surface area contributed by atoms with Crippen molar-refractivity contribution >= 4 is 11.6 Å². The molecule has 1 amide bonds. The quantitative estimate of drug-likeness (QED) is 0.588. The number of aryl methyl sites for hydroxylation is 1. The highest BCUT2D eigenvalue weighted by atomic mass is 16.1. The first-order valence-corrected chi connectivity index (χ1v) is 6.19. The van der Waals surface area contributed by atoms with Gasteiger partial charge in [0.25, 0.3) is 0 Å².